The Labute approximate surface area is 157 Å². The summed E-state index contributed by atoms with van der Waals surface area (Å²) >= 11 is 1.00. The predicted molar refractivity (Wildman–Crippen MR) is 96.6 cm³/mol. The second-order valence-electron chi connectivity index (χ2n) is 5.26. The summed E-state index contributed by atoms with van der Waals surface area (Å²) in [6.45, 7) is 2.36. The number of rotatable bonds is 7. The van der Waals surface area contributed by atoms with Gasteiger partial charge in [0.15, 0.2) is 0 Å². The molecule has 0 unspecified atom stereocenters. The molecule has 27 heavy (non-hydrogen) atoms. The maximum atomic E-state index is 13.6. The second kappa shape index (κ2) is 8.63. The fraction of sp³-hybridized carbons (Fsp3) is 0.167. The molecule has 0 saturated heterocycles. The van der Waals surface area contributed by atoms with E-state index in [0.717, 1.165) is 23.9 Å². The van der Waals surface area contributed by atoms with E-state index in [9.17, 15) is 13.6 Å². The van der Waals surface area contributed by atoms with E-state index in [-0.39, 0.29) is 22.6 Å². The fourth-order valence-corrected chi connectivity index (χ4v) is 2.77. The lowest BCUT2D eigenvalue weighted by molar-refractivity contribution is -0.113. The molecule has 0 aliphatic carbocycles. The molecule has 0 fully saturated rings. The summed E-state index contributed by atoms with van der Waals surface area (Å²) in [4.78, 5) is 11.9. The van der Waals surface area contributed by atoms with Crippen LogP contribution in [0.15, 0.2) is 52.1 Å². The Bertz CT molecular complexity index is 949. The molecule has 0 saturated carbocycles. The average molecular weight is 391 g/mol. The second-order valence-corrected chi connectivity index (χ2v) is 6.19. The molecular formula is C18H15F2N3O3S. The van der Waals surface area contributed by atoms with Gasteiger partial charge in [0.2, 0.25) is 5.91 Å². The number of para-hydroxylation sites is 1. The Morgan fingerprint density at radius 1 is 1.22 bits per heavy atom. The van der Waals surface area contributed by atoms with E-state index in [1.54, 1.807) is 12.1 Å². The lowest BCUT2D eigenvalue weighted by atomic mass is 10.2. The monoisotopic (exact) mass is 391 g/mol. The van der Waals surface area contributed by atoms with Gasteiger partial charge in [-0.05, 0) is 31.2 Å². The van der Waals surface area contributed by atoms with Crippen LogP contribution in [0.4, 0.5) is 14.5 Å². The molecule has 1 heterocycles. The molecule has 6 nitrogen and oxygen atoms in total. The number of carbonyl (C=O) groups is 1. The summed E-state index contributed by atoms with van der Waals surface area (Å²) in [6, 6.07) is 10.1. The van der Waals surface area contributed by atoms with Crippen LogP contribution < -0.4 is 10.1 Å². The normalized spacial score (nSPS) is 10.6. The van der Waals surface area contributed by atoms with Crippen molar-refractivity contribution in [2.75, 3.05) is 17.7 Å². The molecule has 9 heteroatoms. The highest BCUT2D eigenvalue weighted by Crippen LogP contribution is 2.30. The number of amides is 1. The first-order valence-corrected chi connectivity index (χ1v) is 8.98. The Morgan fingerprint density at radius 3 is 2.81 bits per heavy atom. The van der Waals surface area contributed by atoms with Crippen molar-refractivity contribution in [1.82, 2.24) is 10.2 Å². The molecule has 0 aliphatic rings. The van der Waals surface area contributed by atoms with Gasteiger partial charge in [0, 0.05) is 6.07 Å². The van der Waals surface area contributed by atoms with Crippen molar-refractivity contribution in [1.29, 1.82) is 0 Å². The number of halogens is 2. The largest absolute Gasteiger partial charge is 0.493 e. The number of anilines is 1. The minimum atomic E-state index is -0.846. The Kier molecular flexibility index (Phi) is 6.02. The number of thioether (sulfide) groups is 1. The lowest BCUT2D eigenvalue weighted by Crippen LogP contribution is -2.15. The summed E-state index contributed by atoms with van der Waals surface area (Å²) in [5, 5.41) is 10.4. The number of ether oxygens (including phenoxy) is 1. The topological polar surface area (TPSA) is 77.2 Å². The van der Waals surface area contributed by atoms with Crippen molar-refractivity contribution in [2.45, 2.75) is 12.1 Å². The van der Waals surface area contributed by atoms with Crippen molar-refractivity contribution in [3.05, 3.63) is 54.1 Å². The molecule has 0 radical (unpaired) electrons. The standard InChI is InChI=1S/C18H15F2N3O3S/c1-2-25-15-6-4-3-5-12(15)17-22-23-18(26-17)27-10-16(24)21-14-8-7-11(19)9-13(14)20/h3-9H,2,10H2,1H3,(H,21,24). The number of carbonyl (C=O) groups excluding carboxylic acids is 1. The summed E-state index contributed by atoms with van der Waals surface area (Å²) in [6.07, 6.45) is 0. The van der Waals surface area contributed by atoms with Gasteiger partial charge < -0.3 is 14.5 Å². The van der Waals surface area contributed by atoms with Crippen molar-refractivity contribution >= 4 is 23.4 Å². The first-order valence-electron chi connectivity index (χ1n) is 8.00. The quantitative estimate of drug-likeness (QED) is 0.610. The highest BCUT2D eigenvalue weighted by molar-refractivity contribution is 7.99. The van der Waals surface area contributed by atoms with Crippen LogP contribution in [-0.4, -0.2) is 28.5 Å². The first kappa shape index (κ1) is 18.8. The van der Waals surface area contributed by atoms with E-state index in [4.69, 9.17) is 9.15 Å². The van der Waals surface area contributed by atoms with Crippen LogP contribution in [0.25, 0.3) is 11.5 Å². The molecule has 1 N–H and O–H groups in total. The third kappa shape index (κ3) is 4.82. The molecule has 2 aromatic carbocycles. The molecule has 3 aromatic rings. The third-order valence-electron chi connectivity index (χ3n) is 3.36. The maximum absolute atomic E-state index is 13.6. The third-order valence-corrected chi connectivity index (χ3v) is 4.17. The molecule has 0 aliphatic heterocycles. The van der Waals surface area contributed by atoms with Gasteiger partial charge in [-0.1, -0.05) is 23.9 Å². The van der Waals surface area contributed by atoms with E-state index >= 15 is 0 Å². The van der Waals surface area contributed by atoms with Crippen LogP contribution in [0.2, 0.25) is 0 Å². The van der Waals surface area contributed by atoms with Crippen molar-refractivity contribution in [2.24, 2.45) is 0 Å². The van der Waals surface area contributed by atoms with Gasteiger partial charge in [0.1, 0.15) is 17.4 Å². The predicted octanol–water partition coefficient (Wildman–Crippen LogP) is 4.14. The van der Waals surface area contributed by atoms with Gasteiger partial charge in [0.05, 0.1) is 23.6 Å². The van der Waals surface area contributed by atoms with Crippen LogP contribution in [-0.2, 0) is 4.79 Å². The molecule has 0 bridgehead atoms. The van der Waals surface area contributed by atoms with E-state index < -0.39 is 17.5 Å². The zero-order valence-corrected chi connectivity index (χ0v) is 15.1. The van der Waals surface area contributed by atoms with E-state index in [0.29, 0.717) is 24.0 Å². The molecular weight excluding hydrogens is 376 g/mol. The highest BCUT2D eigenvalue weighted by atomic mass is 32.2. The molecule has 0 atom stereocenters. The number of nitrogens with zero attached hydrogens (tertiary/aromatic N) is 2. The summed E-state index contributed by atoms with van der Waals surface area (Å²) in [7, 11) is 0. The number of aromatic nitrogens is 2. The van der Waals surface area contributed by atoms with Crippen molar-refractivity contribution in [3.63, 3.8) is 0 Å². The zero-order chi connectivity index (χ0) is 19.2. The van der Waals surface area contributed by atoms with E-state index in [1.165, 1.54) is 0 Å². The first-order chi connectivity index (χ1) is 13.1. The Hall–Kier alpha value is -2.94. The summed E-state index contributed by atoms with van der Waals surface area (Å²) < 4.78 is 37.5. The zero-order valence-electron chi connectivity index (χ0n) is 14.2. The van der Waals surface area contributed by atoms with Crippen molar-refractivity contribution in [3.8, 4) is 17.2 Å². The minimum absolute atomic E-state index is 0.0778. The number of hydrogen-bond acceptors (Lipinski definition) is 6. The number of benzene rings is 2. The summed E-state index contributed by atoms with van der Waals surface area (Å²) in [5.74, 6) is -1.24. The van der Waals surface area contributed by atoms with Gasteiger partial charge >= 0.3 is 0 Å². The van der Waals surface area contributed by atoms with E-state index in [1.807, 2.05) is 19.1 Å². The Balaban J connectivity index is 1.62. The highest BCUT2D eigenvalue weighted by Gasteiger charge is 2.15. The molecule has 1 aromatic heterocycles. The van der Waals surface area contributed by atoms with Crippen LogP contribution in [0, 0.1) is 11.6 Å². The van der Waals surface area contributed by atoms with Gasteiger partial charge in [-0.2, -0.15) is 0 Å². The molecule has 1 amide bonds. The van der Waals surface area contributed by atoms with Gasteiger partial charge in [0.25, 0.3) is 11.1 Å². The molecule has 3 rings (SSSR count). The summed E-state index contributed by atoms with van der Waals surface area (Å²) in [5.41, 5.74) is 0.551. The average Bonchev–Trinajstić information content (AvgIpc) is 3.12. The van der Waals surface area contributed by atoms with Crippen LogP contribution in [0.5, 0.6) is 5.75 Å². The van der Waals surface area contributed by atoms with Crippen molar-refractivity contribution < 1.29 is 22.7 Å². The SMILES string of the molecule is CCOc1ccccc1-c1nnc(SCC(=O)Nc2ccc(F)cc2F)o1. The van der Waals surface area contributed by atoms with Gasteiger partial charge in [-0.15, -0.1) is 10.2 Å². The Morgan fingerprint density at radius 2 is 2.04 bits per heavy atom. The molecule has 140 valence electrons. The molecule has 0 spiro atoms. The maximum Gasteiger partial charge on any atom is 0.277 e. The minimum Gasteiger partial charge on any atom is -0.493 e. The number of hydrogen-bond donors (Lipinski definition) is 1. The lowest BCUT2D eigenvalue weighted by Gasteiger charge is -2.06. The van der Waals surface area contributed by atoms with Crippen LogP contribution in [0.1, 0.15) is 6.92 Å². The fourth-order valence-electron chi connectivity index (χ4n) is 2.21. The van der Waals surface area contributed by atoms with E-state index in [2.05, 4.69) is 15.5 Å². The van der Waals surface area contributed by atoms with Crippen LogP contribution in [0.3, 0.4) is 0 Å². The van der Waals surface area contributed by atoms with Gasteiger partial charge in [-0.3, -0.25) is 4.79 Å². The van der Waals surface area contributed by atoms with Gasteiger partial charge in [-0.25, -0.2) is 8.78 Å². The smallest absolute Gasteiger partial charge is 0.277 e. The van der Waals surface area contributed by atoms with Crippen LogP contribution >= 0.6 is 11.8 Å². The number of nitrogens with one attached hydrogen (secondary N) is 1.